The van der Waals surface area contributed by atoms with Crippen LogP contribution >= 0.6 is 0 Å². The normalized spacial score (nSPS) is 22.5. The van der Waals surface area contributed by atoms with Crippen molar-refractivity contribution in [1.82, 2.24) is 0 Å². The molecule has 0 bridgehead atoms. The maximum absolute atomic E-state index is 11.9. The van der Waals surface area contributed by atoms with Crippen LogP contribution in [0.3, 0.4) is 0 Å². The summed E-state index contributed by atoms with van der Waals surface area (Å²) < 4.78 is 5.00. The lowest BCUT2D eigenvalue weighted by molar-refractivity contribution is -0.146. The van der Waals surface area contributed by atoms with Crippen LogP contribution in [0.2, 0.25) is 0 Å². The largest absolute Gasteiger partial charge is 0.469 e. The Morgan fingerprint density at radius 3 is 1.09 bits per heavy atom. The average molecular weight is 325 g/mol. The summed E-state index contributed by atoms with van der Waals surface area (Å²) in [6.07, 6.45) is 23.9. The highest BCUT2D eigenvalue weighted by Crippen LogP contribution is 2.21. The lowest BCUT2D eigenvalue weighted by atomic mass is 9.94. The van der Waals surface area contributed by atoms with Gasteiger partial charge in [0, 0.05) is 0 Å². The summed E-state index contributed by atoms with van der Waals surface area (Å²) in [5.74, 6) is 0.179. The zero-order valence-electron chi connectivity index (χ0n) is 15.6. The Balaban J connectivity index is 2.28. The zero-order valence-corrected chi connectivity index (χ0v) is 15.6. The van der Waals surface area contributed by atoms with Gasteiger partial charge in [0.2, 0.25) is 0 Å². The molecule has 1 aliphatic carbocycles. The number of methoxy groups -OCH3 is 1. The van der Waals surface area contributed by atoms with Crippen molar-refractivity contribution in [2.75, 3.05) is 7.11 Å². The van der Waals surface area contributed by atoms with Crippen LogP contribution in [0, 0.1) is 5.92 Å². The Kier molecular flexibility index (Phi) is 13.4. The third kappa shape index (κ3) is 11.6. The quantitative estimate of drug-likeness (QED) is 0.495. The van der Waals surface area contributed by atoms with Gasteiger partial charge in [0.1, 0.15) is 0 Å². The van der Waals surface area contributed by atoms with Crippen LogP contribution < -0.4 is 0 Å². The van der Waals surface area contributed by atoms with Crippen molar-refractivity contribution in [2.45, 2.75) is 116 Å². The predicted molar refractivity (Wildman–Crippen MR) is 98.6 cm³/mol. The fraction of sp³-hybridized carbons (Fsp3) is 0.952. The number of esters is 1. The molecule has 0 spiro atoms. The summed E-state index contributed by atoms with van der Waals surface area (Å²) >= 11 is 0. The van der Waals surface area contributed by atoms with Crippen LogP contribution in [-0.4, -0.2) is 13.1 Å². The maximum atomic E-state index is 11.9. The monoisotopic (exact) mass is 324 g/mol. The van der Waals surface area contributed by atoms with Gasteiger partial charge >= 0.3 is 5.97 Å². The predicted octanol–water partition coefficient (Wildman–Crippen LogP) is 6.81. The minimum absolute atomic E-state index is 0.0240. The second-order valence-corrected chi connectivity index (χ2v) is 7.45. The van der Waals surface area contributed by atoms with Crippen molar-refractivity contribution < 1.29 is 9.53 Å². The molecule has 0 aromatic heterocycles. The van der Waals surface area contributed by atoms with Gasteiger partial charge in [0.05, 0.1) is 13.0 Å². The number of carbonyl (C=O) groups excluding carboxylic acids is 1. The molecule has 2 nitrogen and oxygen atoms in total. The van der Waals surface area contributed by atoms with E-state index in [2.05, 4.69) is 0 Å². The zero-order chi connectivity index (χ0) is 16.6. The topological polar surface area (TPSA) is 26.3 Å². The summed E-state index contributed by atoms with van der Waals surface area (Å²) in [4.78, 5) is 11.9. The van der Waals surface area contributed by atoms with E-state index in [-0.39, 0.29) is 11.9 Å². The van der Waals surface area contributed by atoms with E-state index in [9.17, 15) is 4.79 Å². The molecule has 1 rings (SSSR count). The summed E-state index contributed by atoms with van der Waals surface area (Å²) in [5, 5.41) is 0. The minimum atomic E-state index is 0.0240. The van der Waals surface area contributed by atoms with Crippen LogP contribution in [0.1, 0.15) is 116 Å². The van der Waals surface area contributed by atoms with E-state index in [1.54, 1.807) is 0 Å². The molecule has 0 N–H and O–H groups in total. The lowest BCUT2D eigenvalue weighted by Crippen LogP contribution is -2.16. The van der Waals surface area contributed by atoms with Crippen LogP contribution in [0.5, 0.6) is 0 Å². The van der Waals surface area contributed by atoms with Gasteiger partial charge in [0.25, 0.3) is 0 Å². The molecule has 0 saturated heterocycles. The molecule has 136 valence electrons. The molecule has 1 fully saturated rings. The number of hydrogen-bond acceptors (Lipinski definition) is 2. The summed E-state index contributed by atoms with van der Waals surface area (Å²) in [6.45, 7) is 0. The summed E-state index contributed by atoms with van der Waals surface area (Å²) in [6, 6.07) is 0. The van der Waals surface area contributed by atoms with Crippen molar-refractivity contribution in [2.24, 2.45) is 5.92 Å². The fourth-order valence-corrected chi connectivity index (χ4v) is 3.80. The molecular weight excluding hydrogens is 284 g/mol. The van der Waals surface area contributed by atoms with Crippen LogP contribution in [-0.2, 0) is 9.53 Å². The van der Waals surface area contributed by atoms with E-state index >= 15 is 0 Å². The SMILES string of the molecule is COC(=O)C1CCCCCCCCCCCCCCCCCC1. The molecule has 1 aliphatic rings. The molecule has 2 heteroatoms. The molecular formula is C21H40O2. The molecule has 0 aromatic carbocycles. The van der Waals surface area contributed by atoms with E-state index in [0.717, 1.165) is 12.8 Å². The van der Waals surface area contributed by atoms with Gasteiger partial charge < -0.3 is 4.74 Å². The molecule has 0 atom stereocenters. The van der Waals surface area contributed by atoms with Crippen molar-refractivity contribution >= 4 is 5.97 Å². The van der Waals surface area contributed by atoms with Crippen LogP contribution in [0.15, 0.2) is 0 Å². The molecule has 23 heavy (non-hydrogen) atoms. The summed E-state index contributed by atoms with van der Waals surface area (Å²) in [7, 11) is 1.54. The molecule has 0 heterocycles. The minimum Gasteiger partial charge on any atom is -0.469 e. The highest BCUT2D eigenvalue weighted by molar-refractivity contribution is 5.72. The Morgan fingerprint density at radius 1 is 0.565 bits per heavy atom. The van der Waals surface area contributed by atoms with E-state index < -0.39 is 0 Å². The van der Waals surface area contributed by atoms with Crippen molar-refractivity contribution in [3.63, 3.8) is 0 Å². The Hall–Kier alpha value is -0.530. The van der Waals surface area contributed by atoms with Gasteiger partial charge in [-0.05, 0) is 12.8 Å². The van der Waals surface area contributed by atoms with Gasteiger partial charge in [-0.25, -0.2) is 0 Å². The van der Waals surface area contributed by atoms with E-state index in [1.165, 1.54) is 110 Å². The molecule has 0 aliphatic heterocycles. The highest BCUT2D eigenvalue weighted by Gasteiger charge is 2.18. The molecule has 0 aromatic rings. The summed E-state index contributed by atoms with van der Waals surface area (Å²) in [5.41, 5.74) is 0. The van der Waals surface area contributed by atoms with Gasteiger partial charge in [-0.15, -0.1) is 0 Å². The molecule has 0 radical (unpaired) electrons. The van der Waals surface area contributed by atoms with Crippen LogP contribution in [0.4, 0.5) is 0 Å². The fourth-order valence-electron chi connectivity index (χ4n) is 3.80. The van der Waals surface area contributed by atoms with E-state index in [1.807, 2.05) is 0 Å². The molecule has 1 saturated carbocycles. The Morgan fingerprint density at radius 2 is 0.826 bits per heavy atom. The van der Waals surface area contributed by atoms with Crippen LogP contribution in [0.25, 0.3) is 0 Å². The van der Waals surface area contributed by atoms with Crippen molar-refractivity contribution in [3.05, 3.63) is 0 Å². The van der Waals surface area contributed by atoms with Gasteiger partial charge in [-0.3, -0.25) is 4.79 Å². The smallest absolute Gasteiger partial charge is 0.308 e. The maximum Gasteiger partial charge on any atom is 0.308 e. The first-order chi connectivity index (χ1) is 11.3. The third-order valence-electron chi connectivity index (χ3n) is 5.39. The number of hydrogen-bond donors (Lipinski definition) is 0. The van der Waals surface area contributed by atoms with E-state index in [4.69, 9.17) is 4.74 Å². The Bertz CT molecular complexity index is 255. The number of ether oxygens (including phenoxy) is 1. The second-order valence-electron chi connectivity index (χ2n) is 7.45. The van der Waals surface area contributed by atoms with Gasteiger partial charge in [0.15, 0.2) is 0 Å². The van der Waals surface area contributed by atoms with Crippen molar-refractivity contribution in [3.8, 4) is 0 Å². The van der Waals surface area contributed by atoms with Gasteiger partial charge in [-0.1, -0.05) is 103 Å². The van der Waals surface area contributed by atoms with Gasteiger partial charge in [-0.2, -0.15) is 0 Å². The van der Waals surface area contributed by atoms with E-state index in [0.29, 0.717) is 0 Å². The standard InChI is InChI=1S/C21H40O2/c1-23-21(22)20-18-16-14-12-10-8-6-4-2-3-5-7-9-11-13-15-17-19-20/h20H,2-19H2,1H3. The van der Waals surface area contributed by atoms with Crippen molar-refractivity contribution in [1.29, 1.82) is 0 Å². The number of carbonyl (C=O) groups is 1. The second kappa shape index (κ2) is 15.0. The first kappa shape index (κ1) is 20.5. The Labute approximate surface area is 144 Å². The first-order valence-electron chi connectivity index (χ1n) is 10.4. The molecule has 0 unspecified atom stereocenters. The molecule has 0 amide bonds. The third-order valence-corrected chi connectivity index (χ3v) is 5.39. The lowest BCUT2D eigenvalue weighted by Gasteiger charge is -2.14. The highest BCUT2D eigenvalue weighted by atomic mass is 16.5. The number of rotatable bonds is 1. The average Bonchev–Trinajstić information content (AvgIpc) is 2.57. The first-order valence-corrected chi connectivity index (χ1v) is 10.4.